The van der Waals surface area contributed by atoms with E-state index in [2.05, 4.69) is 55.1 Å². The number of rotatable bonds is 14. The van der Waals surface area contributed by atoms with Gasteiger partial charge < -0.3 is 14.8 Å². The van der Waals surface area contributed by atoms with Crippen molar-refractivity contribution in [3.05, 3.63) is 72.3 Å². The number of pyridine rings is 2. The maximum absolute atomic E-state index is 6.00. The zero-order valence-corrected chi connectivity index (χ0v) is 21.1. The molecule has 34 heavy (non-hydrogen) atoms. The fourth-order valence-corrected chi connectivity index (χ4v) is 4.11. The topological polar surface area (TPSA) is 56.3 Å². The van der Waals surface area contributed by atoms with Gasteiger partial charge in [0.05, 0.1) is 30.4 Å². The van der Waals surface area contributed by atoms with E-state index >= 15 is 0 Å². The molecule has 0 aliphatic rings. The first-order valence-corrected chi connectivity index (χ1v) is 12.6. The summed E-state index contributed by atoms with van der Waals surface area (Å²) in [5.74, 6) is 2.78. The van der Waals surface area contributed by atoms with Crippen molar-refractivity contribution < 1.29 is 9.47 Å². The van der Waals surface area contributed by atoms with Gasteiger partial charge in [0.2, 0.25) is 0 Å². The molecule has 3 aromatic rings. The van der Waals surface area contributed by atoms with Gasteiger partial charge >= 0.3 is 0 Å². The van der Waals surface area contributed by atoms with E-state index in [1.807, 2.05) is 36.5 Å². The van der Waals surface area contributed by atoms with Crippen molar-refractivity contribution in [2.24, 2.45) is 5.92 Å². The molecule has 1 aromatic carbocycles. The Morgan fingerprint density at radius 3 is 2.56 bits per heavy atom. The number of nitrogens with one attached hydrogen (secondary N) is 1. The second-order valence-corrected chi connectivity index (χ2v) is 9.10. The molecule has 182 valence electrons. The second-order valence-electron chi connectivity index (χ2n) is 9.10. The van der Waals surface area contributed by atoms with Crippen LogP contribution in [0, 0.1) is 5.92 Å². The van der Waals surface area contributed by atoms with Crippen LogP contribution in [-0.4, -0.2) is 16.6 Å². The quantitative estimate of drug-likeness (QED) is 0.247. The molecule has 0 aliphatic heterocycles. The fraction of sp³-hybridized carbons (Fsp3) is 0.448. The third kappa shape index (κ3) is 8.05. The lowest BCUT2D eigenvalue weighted by Crippen LogP contribution is -2.04. The molecule has 0 spiro atoms. The molecule has 2 heterocycles. The molecule has 3 rings (SSSR count). The largest absolute Gasteiger partial charge is 0.492 e. The van der Waals surface area contributed by atoms with Gasteiger partial charge in [0.25, 0.3) is 0 Å². The van der Waals surface area contributed by atoms with Crippen LogP contribution in [0.5, 0.6) is 11.5 Å². The van der Waals surface area contributed by atoms with Crippen LogP contribution in [0.25, 0.3) is 0 Å². The normalized spacial score (nSPS) is 11.9. The average Bonchev–Trinajstić information content (AvgIpc) is 2.86. The summed E-state index contributed by atoms with van der Waals surface area (Å²) >= 11 is 0. The van der Waals surface area contributed by atoms with Gasteiger partial charge in [-0.05, 0) is 60.6 Å². The summed E-state index contributed by atoms with van der Waals surface area (Å²) in [5, 5.41) is 3.52. The number of ether oxygens (including phenoxy) is 2. The van der Waals surface area contributed by atoms with Gasteiger partial charge in [0, 0.05) is 18.0 Å². The zero-order chi connectivity index (χ0) is 24.2. The van der Waals surface area contributed by atoms with Gasteiger partial charge in [-0.1, -0.05) is 53.0 Å². The predicted molar refractivity (Wildman–Crippen MR) is 140 cm³/mol. The molecule has 2 aromatic heterocycles. The molecule has 0 amide bonds. The van der Waals surface area contributed by atoms with E-state index in [9.17, 15) is 0 Å². The van der Waals surface area contributed by atoms with Crippen LogP contribution in [0.4, 0.5) is 11.4 Å². The maximum atomic E-state index is 6.00. The minimum atomic E-state index is 0.336. The van der Waals surface area contributed by atoms with Crippen molar-refractivity contribution in [3.8, 4) is 11.5 Å². The van der Waals surface area contributed by atoms with Gasteiger partial charge in [0.1, 0.15) is 18.1 Å². The third-order valence-electron chi connectivity index (χ3n) is 6.05. The van der Waals surface area contributed by atoms with Crippen molar-refractivity contribution in [3.63, 3.8) is 0 Å². The predicted octanol–water partition coefficient (Wildman–Crippen LogP) is 7.91. The maximum Gasteiger partial charge on any atom is 0.139 e. The molecule has 0 aliphatic carbocycles. The Kier molecular flexibility index (Phi) is 10.2. The van der Waals surface area contributed by atoms with Crippen molar-refractivity contribution in [2.75, 3.05) is 11.9 Å². The van der Waals surface area contributed by atoms with Crippen molar-refractivity contribution in [1.82, 2.24) is 9.97 Å². The molecular formula is C29H39N3O2. The minimum absolute atomic E-state index is 0.336. The van der Waals surface area contributed by atoms with Crippen molar-refractivity contribution in [1.29, 1.82) is 0 Å². The molecule has 0 bridgehead atoms. The number of anilines is 2. The summed E-state index contributed by atoms with van der Waals surface area (Å²) in [6, 6.07) is 14.0. The lowest BCUT2D eigenvalue weighted by Gasteiger charge is -2.17. The first kappa shape index (κ1) is 25.5. The first-order chi connectivity index (χ1) is 16.6. The van der Waals surface area contributed by atoms with E-state index in [0.717, 1.165) is 47.5 Å². The van der Waals surface area contributed by atoms with Crippen molar-refractivity contribution >= 4 is 11.4 Å². The summed E-state index contributed by atoms with van der Waals surface area (Å²) in [6.45, 7) is 10.1. The Morgan fingerprint density at radius 1 is 0.941 bits per heavy atom. The van der Waals surface area contributed by atoms with Crippen LogP contribution in [-0.2, 0) is 6.61 Å². The molecule has 1 N–H and O–H groups in total. The van der Waals surface area contributed by atoms with Crippen LogP contribution in [0.3, 0.4) is 0 Å². The van der Waals surface area contributed by atoms with E-state index < -0.39 is 0 Å². The monoisotopic (exact) mass is 461 g/mol. The molecule has 5 heteroatoms. The van der Waals surface area contributed by atoms with E-state index in [1.54, 1.807) is 12.4 Å². The van der Waals surface area contributed by atoms with Crippen LogP contribution < -0.4 is 14.8 Å². The van der Waals surface area contributed by atoms with Crippen LogP contribution >= 0.6 is 0 Å². The molecule has 1 unspecified atom stereocenters. The van der Waals surface area contributed by atoms with Crippen molar-refractivity contribution in [2.45, 2.75) is 72.3 Å². The smallest absolute Gasteiger partial charge is 0.139 e. The van der Waals surface area contributed by atoms with Gasteiger partial charge in [-0.2, -0.15) is 0 Å². The summed E-state index contributed by atoms with van der Waals surface area (Å²) in [5.41, 5.74) is 4.06. The Bertz CT molecular complexity index is 992. The number of aromatic nitrogens is 2. The van der Waals surface area contributed by atoms with E-state index in [1.165, 1.54) is 31.2 Å². The third-order valence-corrected chi connectivity index (χ3v) is 6.05. The molecule has 0 saturated carbocycles. The average molecular weight is 462 g/mol. The second kappa shape index (κ2) is 13.6. The lowest BCUT2D eigenvalue weighted by atomic mass is 9.96. The van der Waals surface area contributed by atoms with Gasteiger partial charge in [-0.3, -0.25) is 9.97 Å². The summed E-state index contributed by atoms with van der Waals surface area (Å²) in [6.07, 6.45) is 11.5. The van der Waals surface area contributed by atoms with E-state index in [4.69, 9.17) is 9.47 Å². The van der Waals surface area contributed by atoms with E-state index in [-0.39, 0.29) is 0 Å². The van der Waals surface area contributed by atoms with Crippen LogP contribution in [0.1, 0.15) is 77.0 Å². The number of hydrogen-bond acceptors (Lipinski definition) is 5. The highest BCUT2D eigenvalue weighted by Gasteiger charge is 2.11. The molecule has 0 radical (unpaired) electrons. The Labute approximate surface area is 205 Å². The Hall–Kier alpha value is -3.08. The molecular weight excluding hydrogens is 422 g/mol. The summed E-state index contributed by atoms with van der Waals surface area (Å²) < 4.78 is 12.0. The number of hydrogen-bond donors (Lipinski definition) is 1. The summed E-state index contributed by atoms with van der Waals surface area (Å²) in [4.78, 5) is 8.70. The zero-order valence-electron chi connectivity index (χ0n) is 21.1. The standard InChI is InChI=1S/C29H39N3O2/c1-5-10-23(6-2)11-9-16-33-27-17-25(19-30-20-27)32-29-14-13-26(18-28(29)22(3)4)34-21-24-12-7-8-15-31-24/h7-8,12-15,17-20,22-23,32H,5-6,9-11,16,21H2,1-4H3. The SMILES string of the molecule is CCCC(CC)CCCOc1cncc(Nc2ccc(OCc3ccccn3)cc2C(C)C)c1. The molecule has 0 fully saturated rings. The molecule has 1 atom stereocenters. The van der Waals surface area contributed by atoms with Gasteiger partial charge in [-0.15, -0.1) is 0 Å². The Balaban J connectivity index is 1.59. The number of benzene rings is 1. The fourth-order valence-electron chi connectivity index (χ4n) is 4.11. The summed E-state index contributed by atoms with van der Waals surface area (Å²) in [7, 11) is 0. The van der Waals surface area contributed by atoms with E-state index in [0.29, 0.717) is 12.5 Å². The molecule has 0 saturated heterocycles. The number of nitrogens with zero attached hydrogens (tertiary/aromatic N) is 2. The van der Waals surface area contributed by atoms with Crippen LogP contribution in [0.2, 0.25) is 0 Å². The highest BCUT2D eigenvalue weighted by Crippen LogP contribution is 2.31. The Morgan fingerprint density at radius 2 is 1.82 bits per heavy atom. The van der Waals surface area contributed by atoms with Crippen LogP contribution in [0.15, 0.2) is 61.1 Å². The first-order valence-electron chi connectivity index (χ1n) is 12.6. The highest BCUT2D eigenvalue weighted by atomic mass is 16.5. The lowest BCUT2D eigenvalue weighted by molar-refractivity contribution is 0.285. The van der Waals surface area contributed by atoms with Gasteiger partial charge in [0.15, 0.2) is 0 Å². The minimum Gasteiger partial charge on any atom is -0.492 e. The van der Waals surface area contributed by atoms with Gasteiger partial charge in [-0.25, -0.2) is 0 Å². The molecule has 5 nitrogen and oxygen atoms in total. The highest BCUT2D eigenvalue weighted by molar-refractivity contribution is 5.65.